The molecule has 0 bridgehead atoms. The number of aliphatic hydroxyl groups is 5. The molecule has 1 aliphatic rings. The fourth-order valence-corrected chi connectivity index (χ4v) is 5.27. The Balaban J connectivity index is 2.53. The van der Waals surface area contributed by atoms with Crippen molar-refractivity contribution in [1.29, 1.82) is 0 Å². The molecule has 1 heterocycles. The number of nitrogens with one attached hydrogen (secondary N) is 1. The zero-order valence-electron chi connectivity index (χ0n) is 26.5. The molecule has 42 heavy (non-hydrogen) atoms. The third-order valence-corrected chi connectivity index (χ3v) is 8.11. The molecular formula is C33H63NO8. The third kappa shape index (κ3) is 17.3. The highest BCUT2D eigenvalue weighted by molar-refractivity contribution is 5.76. The second-order valence-electron chi connectivity index (χ2n) is 12.0. The van der Waals surface area contributed by atoms with Gasteiger partial charge in [0.25, 0.3) is 0 Å². The molecule has 9 heteroatoms. The van der Waals surface area contributed by atoms with Crippen LogP contribution in [0.1, 0.15) is 136 Å². The minimum Gasteiger partial charge on any atom is -0.394 e. The van der Waals surface area contributed by atoms with Gasteiger partial charge >= 0.3 is 0 Å². The second kappa shape index (κ2) is 25.3. The maximum atomic E-state index is 12.7. The number of hydrogen-bond acceptors (Lipinski definition) is 8. The largest absolute Gasteiger partial charge is 0.394 e. The van der Waals surface area contributed by atoms with Crippen LogP contribution in [0.4, 0.5) is 0 Å². The first kappa shape index (κ1) is 39.0. The van der Waals surface area contributed by atoms with Crippen molar-refractivity contribution in [3.05, 3.63) is 12.2 Å². The van der Waals surface area contributed by atoms with Crippen LogP contribution >= 0.6 is 0 Å². The molecule has 248 valence electrons. The number of carbonyl (C=O) groups excluding carboxylic acids is 1. The summed E-state index contributed by atoms with van der Waals surface area (Å²) >= 11 is 0. The van der Waals surface area contributed by atoms with Gasteiger partial charge in [0.05, 0.1) is 25.4 Å². The van der Waals surface area contributed by atoms with Crippen LogP contribution in [0.5, 0.6) is 0 Å². The highest BCUT2D eigenvalue weighted by Gasteiger charge is 2.44. The molecule has 1 saturated heterocycles. The Kier molecular flexibility index (Phi) is 23.4. The monoisotopic (exact) mass is 601 g/mol. The average Bonchev–Trinajstić information content (AvgIpc) is 2.98. The summed E-state index contributed by atoms with van der Waals surface area (Å²) in [6.45, 7) is 3.68. The minimum absolute atomic E-state index is 0.184. The highest BCUT2D eigenvalue weighted by Crippen LogP contribution is 2.22. The topological polar surface area (TPSA) is 149 Å². The zero-order valence-corrected chi connectivity index (χ0v) is 26.5. The summed E-state index contributed by atoms with van der Waals surface area (Å²) in [5, 5.41) is 53.5. The first-order valence-electron chi connectivity index (χ1n) is 16.9. The first-order valence-corrected chi connectivity index (χ1v) is 16.9. The number of amides is 1. The summed E-state index contributed by atoms with van der Waals surface area (Å²) in [4.78, 5) is 12.7. The fourth-order valence-electron chi connectivity index (χ4n) is 5.27. The first-order chi connectivity index (χ1) is 20.3. The van der Waals surface area contributed by atoms with Crippen LogP contribution in [0.25, 0.3) is 0 Å². The van der Waals surface area contributed by atoms with E-state index >= 15 is 0 Å². The van der Waals surface area contributed by atoms with Crippen LogP contribution in [-0.4, -0.2) is 87.5 Å². The van der Waals surface area contributed by atoms with Crippen molar-refractivity contribution in [1.82, 2.24) is 5.32 Å². The van der Waals surface area contributed by atoms with Crippen LogP contribution in [-0.2, 0) is 14.3 Å². The number of unbranched alkanes of at least 4 members (excludes halogenated alkanes) is 16. The lowest BCUT2D eigenvalue weighted by atomic mass is 9.99. The lowest BCUT2D eigenvalue weighted by molar-refractivity contribution is -0.302. The average molecular weight is 602 g/mol. The third-order valence-electron chi connectivity index (χ3n) is 8.11. The van der Waals surface area contributed by atoms with Gasteiger partial charge in [-0.3, -0.25) is 4.79 Å². The van der Waals surface area contributed by atoms with E-state index < -0.39 is 49.5 Å². The van der Waals surface area contributed by atoms with E-state index in [0.717, 1.165) is 38.5 Å². The van der Waals surface area contributed by atoms with Gasteiger partial charge in [-0.2, -0.15) is 0 Å². The Morgan fingerprint density at radius 3 is 1.86 bits per heavy atom. The summed E-state index contributed by atoms with van der Waals surface area (Å²) in [5.74, 6) is -0.184. The Labute approximate surface area is 255 Å². The van der Waals surface area contributed by atoms with Crippen LogP contribution in [0.15, 0.2) is 12.2 Å². The van der Waals surface area contributed by atoms with E-state index in [2.05, 4.69) is 19.2 Å². The summed E-state index contributed by atoms with van der Waals surface area (Å²) in [6.07, 6.45) is 16.9. The van der Waals surface area contributed by atoms with Gasteiger partial charge in [0.2, 0.25) is 5.91 Å². The van der Waals surface area contributed by atoms with Gasteiger partial charge in [-0.1, -0.05) is 122 Å². The quantitative estimate of drug-likeness (QED) is 0.0620. The summed E-state index contributed by atoms with van der Waals surface area (Å²) in [5.41, 5.74) is 0. The zero-order chi connectivity index (χ0) is 31.0. The summed E-state index contributed by atoms with van der Waals surface area (Å²) in [7, 11) is 0. The predicted octanol–water partition coefficient (Wildman–Crippen LogP) is 4.66. The van der Waals surface area contributed by atoms with Gasteiger partial charge in [-0.15, -0.1) is 0 Å². The maximum absolute atomic E-state index is 12.7. The van der Waals surface area contributed by atoms with E-state index in [-0.39, 0.29) is 12.5 Å². The Morgan fingerprint density at radius 1 is 0.786 bits per heavy atom. The smallest absolute Gasteiger partial charge is 0.220 e. The van der Waals surface area contributed by atoms with Crippen molar-refractivity contribution in [2.75, 3.05) is 13.2 Å². The lowest BCUT2D eigenvalue weighted by Gasteiger charge is -2.40. The minimum atomic E-state index is -1.56. The normalized spacial score (nSPS) is 24.2. The molecule has 2 unspecified atom stereocenters. The molecule has 0 aromatic rings. The molecule has 0 aromatic carbocycles. The molecule has 0 radical (unpaired) electrons. The molecule has 1 fully saturated rings. The van der Waals surface area contributed by atoms with Crippen molar-refractivity contribution in [2.24, 2.45) is 0 Å². The van der Waals surface area contributed by atoms with Gasteiger partial charge in [-0.05, 0) is 19.3 Å². The molecule has 6 N–H and O–H groups in total. The van der Waals surface area contributed by atoms with E-state index in [1.54, 1.807) is 6.08 Å². The van der Waals surface area contributed by atoms with Crippen molar-refractivity contribution in [3.63, 3.8) is 0 Å². The van der Waals surface area contributed by atoms with Crippen molar-refractivity contribution < 1.29 is 39.8 Å². The van der Waals surface area contributed by atoms with Crippen LogP contribution in [0, 0.1) is 0 Å². The van der Waals surface area contributed by atoms with Gasteiger partial charge in [0.15, 0.2) is 6.29 Å². The molecule has 1 rings (SSSR count). The number of aliphatic hydroxyl groups excluding tert-OH is 5. The Hall–Kier alpha value is -1.07. The van der Waals surface area contributed by atoms with Gasteiger partial charge in [0, 0.05) is 6.42 Å². The van der Waals surface area contributed by atoms with Gasteiger partial charge in [0.1, 0.15) is 24.4 Å². The Bertz CT molecular complexity index is 676. The van der Waals surface area contributed by atoms with Crippen LogP contribution in [0.2, 0.25) is 0 Å². The van der Waals surface area contributed by atoms with E-state index in [0.29, 0.717) is 6.42 Å². The van der Waals surface area contributed by atoms with Crippen molar-refractivity contribution in [2.45, 2.75) is 179 Å². The molecule has 0 aliphatic carbocycles. The molecule has 1 aliphatic heterocycles. The van der Waals surface area contributed by atoms with Crippen molar-refractivity contribution >= 4 is 5.91 Å². The summed E-state index contributed by atoms with van der Waals surface area (Å²) in [6, 6.07) is -0.793. The summed E-state index contributed by atoms with van der Waals surface area (Å²) < 4.78 is 11.1. The number of hydrogen-bond donors (Lipinski definition) is 6. The van der Waals surface area contributed by atoms with Crippen molar-refractivity contribution in [3.8, 4) is 0 Å². The molecule has 0 aromatic heterocycles. The number of allylic oxidation sites excluding steroid dienone is 1. The van der Waals surface area contributed by atoms with Crippen LogP contribution < -0.4 is 5.32 Å². The van der Waals surface area contributed by atoms with Gasteiger partial charge < -0.3 is 40.3 Å². The van der Waals surface area contributed by atoms with E-state index in [9.17, 15) is 30.3 Å². The fraction of sp³-hybridized carbons (Fsp3) is 0.909. The highest BCUT2D eigenvalue weighted by atomic mass is 16.7. The molecule has 9 nitrogen and oxygen atoms in total. The van der Waals surface area contributed by atoms with Gasteiger partial charge in [-0.25, -0.2) is 0 Å². The molecule has 0 spiro atoms. The SMILES string of the molecule is CCCCCCCCC/C=C/[C@@H](O)[C@H](CO[C@@H]1O[C@H](CO)[C@@H](O)C(O)C1O)NC(=O)CCCCCCCCCCCC. The second-order valence-corrected chi connectivity index (χ2v) is 12.0. The molecular weight excluding hydrogens is 538 g/mol. The standard InChI is InChI=1S/C33H63NO8/c1-3-5-7-9-11-13-15-17-19-21-23-29(37)34-26(27(36)22-20-18-16-14-12-10-8-6-4-2)25-41-33-32(40)31(39)30(38)28(24-35)42-33/h20,22,26-28,30-33,35-36,38-40H,3-19,21,23-25H2,1-2H3,(H,34,37)/b22-20+/t26-,27+,28+,30+,31?,32?,33+/m0/s1. The predicted molar refractivity (Wildman–Crippen MR) is 166 cm³/mol. The lowest BCUT2D eigenvalue weighted by Crippen LogP contribution is -2.60. The van der Waals surface area contributed by atoms with E-state index in [1.807, 2.05) is 6.08 Å². The number of carbonyl (C=O) groups is 1. The number of ether oxygens (including phenoxy) is 2. The molecule has 1 amide bonds. The Morgan fingerprint density at radius 2 is 1.31 bits per heavy atom. The number of rotatable bonds is 26. The van der Waals surface area contributed by atoms with Crippen LogP contribution in [0.3, 0.4) is 0 Å². The maximum Gasteiger partial charge on any atom is 0.220 e. The molecule has 0 saturated carbocycles. The molecule has 7 atom stereocenters. The van der Waals surface area contributed by atoms with E-state index in [4.69, 9.17) is 9.47 Å². The van der Waals surface area contributed by atoms with E-state index in [1.165, 1.54) is 77.0 Å².